The standard InChI is InChI=1S/C18H22N2O4/c1-18-9-3-2-4-14(18)16(18)17(23)20-19-10-12-5-7-13(8-6-12)24-11-15(21)22/h5-8,10,14,16H,2-4,9,11H2,1H3,(H,20,23)(H,21,22). The van der Waals surface area contributed by atoms with Gasteiger partial charge in [0.1, 0.15) is 5.75 Å². The lowest BCUT2D eigenvalue weighted by Gasteiger charge is -2.15. The van der Waals surface area contributed by atoms with Crippen molar-refractivity contribution in [3.05, 3.63) is 29.8 Å². The summed E-state index contributed by atoms with van der Waals surface area (Å²) in [4.78, 5) is 22.7. The molecule has 0 spiro atoms. The third-order valence-electron chi connectivity index (χ3n) is 5.24. The van der Waals surface area contributed by atoms with E-state index in [1.165, 1.54) is 12.8 Å². The summed E-state index contributed by atoms with van der Waals surface area (Å²) in [5.74, 6) is 0.101. The Kier molecular flexibility index (Phi) is 4.55. The number of ether oxygens (including phenoxy) is 1. The van der Waals surface area contributed by atoms with E-state index in [9.17, 15) is 9.59 Å². The third-order valence-corrected chi connectivity index (χ3v) is 5.24. The Hall–Kier alpha value is -2.37. The van der Waals surface area contributed by atoms with Crippen molar-refractivity contribution in [2.75, 3.05) is 6.61 Å². The van der Waals surface area contributed by atoms with Crippen LogP contribution in [0.15, 0.2) is 29.4 Å². The summed E-state index contributed by atoms with van der Waals surface area (Å²) in [6.07, 6.45) is 6.31. The number of carbonyl (C=O) groups is 2. The van der Waals surface area contributed by atoms with Crippen LogP contribution in [-0.2, 0) is 9.59 Å². The first-order valence-electron chi connectivity index (χ1n) is 8.28. The number of carboxylic acid groups (broad SMARTS) is 1. The summed E-state index contributed by atoms with van der Waals surface area (Å²) in [6, 6.07) is 6.85. The molecule has 0 saturated heterocycles. The van der Waals surface area contributed by atoms with Crippen LogP contribution in [0.4, 0.5) is 0 Å². The molecule has 2 fully saturated rings. The summed E-state index contributed by atoms with van der Waals surface area (Å²) >= 11 is 0. The number of nitrogens with zero attached hydrogens (tertiary/aromatic N) is 1. The fraction of sp³-hybridized carbons (Fsp3) is 0.500. The van der Waals surface area contributed by atoms with Gasteiger partial charge in [-0.05, 0) is 54.0 Å². The SMILES string of the molecule is CC12CCCCC1C2C(=O)NN=Cc1ccc(OCC(=O)O)cc1. The van der Waals surface area contributed by atoms with E-state index in [2.05, 4.69) is 17.5 Å². The van der Waals surface area contributed by atoms with E-state index in [0.29, 0.717) is 11.7 Å². The summed E-state index contributed by atoms with van der Waals surface area (Å²) in [7, 11) is 0. The molecule has 0 aliphatic heterocycles. The van der Waals surface area contributed by atoms with E-state index in [1.54, 1.807) is 30.5 Å². The Balaban J connectivity index is 1.49. The maximum Gasteiger partial charge on any atom is 0.341 e. The Morgan fingerprint density at radius 1 is 1.38 bits per heavy atom. The molecule has 2 aliphatic rings. The molecule has 0 radical (unpaired) electrons. The lowest BCUT2D eigenvalue weighted by molar-refractivity contribution is -0.139. The zero-order valence-corrected chi connectivity index (χ0v) is 13.7. The number of hydrogen-bond donors (Lipinski definition) is 2. The maximum absolute atomic E-state index is 12.3. The number of hydrogen-bond acceptors (Lipinski definition) is 4. The van der Waals surface area contributed by atoms with E-state index in [1.807, 2.05) is 0 Å². The first-order valence-corrected chi connectivity index (χ1v) is 8.28. The Labute approximate surface area is 140 Å². The second-order valence-electron chi connectivity index (χ2n) is 6.82. The highest BCUT2D eigenvalue weighted by atomic mass is 16.5. The lowest BCUT2D eigenvalue weighted by atomic mass is 9.90. The smallest absolute Gasteiger partial charge is 0.341 e. The molecule has 24 heavy (non-hydrogen) atoms. The second-order valence-corrected chi connectivity index (χ2v) is 6.82. The Morgan fingerprint density at radius 3 is 2.75 bits per heavy atom. The summed E-state index contributed by atoms with van der Waals surface area (Å²) in [5.41, 5.74) is 3.64. The van der Waals surface area contributed by atoms with Gasteiger partial charge in [0.2, 0.25) is 5.91 Å². The molecule has 128 valence electrons. The minimum atomic E-state index is -1.02. The van der Waals surface area contributed by atoms with Gasteiger partial charge in [0, 0.05) is 5.92 Å². The zero-order chi connectivity index (χ0) is 17.2. The fourth-order valence-corrected chi connectivity index (χ4v) is 3.89. The number of amides is 1. The average molecular weight is 330 g/mol. The van der Waals surface area contributed by atoms with E-state index in [0.717, 1.165) is 18.4 Å². The molecule has 6 nitrogen and oxygen atoms in total. The molecule has 2 aliphatic carbocycles. The maximum atomic E-state index is 12.3. The van der Waals surface area contributed by atoms with Gasteiger partial charge in [-0.15, -0.1) is 0 Å². The molecule has 2 N–H and O–H groups in total. The van der Waals surface area contributed by atoms with E-state index in [-0.39, 0.29) is 23.8 Å². The van der Waals surface area contributed by atoms with Gasteiger partial charge in [-0.2, -0.15) is 5.10 Å². The van der Waals surface area contributed by atoms with Crippen LogP contribution in [0.2, 0.25) is 0 Å². The topological polar surface area (TPSA) is 88.0 Å². The van der Waals surface area contributed by atoms with Crippen molar-refractivity contribution in [1.82, 2.24) is 5.43 Å². The lowest BCUT2D eigenvalue weighted by Crippen LogP contribution is -2.22. The van der Waals surface area contributed by atoms with Crippen molar-refractivity contribution < 1.29 is 19.4 Å². The molecule has 1 aromatic carbocycles. The first-order chi connectivity index (χ1) is 11.5. The fourth-order valence-electron chi connectivity index (χ4n) is 3.89. The van der Waals surface area contributed by atoms with Crippen LogP contribution in [-0.4, -0.2) is 29.8 Å². The van der Waals surface area contributed by atoms with E-state index < -0.39 is 5.97 Å². The molecule has 1 aromatic rings. The number of aliphatic carboxylic acids is 1. The van der Waals surface area contributed by atoms with Crippen LogP contribution in [0.5, 0.6) is 5.75 Å². The Bertz CT molecular complexity index is 655. The number of fused-ring (bicyclic) bond motifs is 1. The van der Waals surface area contributed by atoms with Gasteiger partial charge in [0.25, 0.3) is 0 Å². The first kappa shape index (κ1) is 16.5. The molecule has 0 bridgehead atoms. The zero-order valence-electron chi connectivity index (χ0n) is 13.7. The van der Waals surface area contributed by atoms with Gasteiger partial charge in [0.15, 0.2) is 6.61 Å². The van der Waals surface area contributed by atoms with E-state index in [4.69, 9.17) is 9.84 Å². The predicted molar refractivity (Wildman–Crippen MR) is 88.9 cm³/mol. The molecule has 3 unspecified atom stereocenters. The van der Waals surface area contributed by atoms with Gasteiger partial charge >= 0.3 is 5.97 Å². The van der Waals surface area contributed by atoms with Crippen LogP contribution >= 0.6 is 0 Å². The number of rotatable bonds is 6. The van der Waals surface area contributed by atoms with Crippen molar-refractivity contribution in [2.24, 2.45) is 22.4 Å². The van der Waals surface area contributed by atoms with Crippen molar-refractivity contribution in [3.63, 3.8) is 0 Å². The predicted octanol–water partition coefficient (Wildman–Crippen LogP) is 2.43. The minimum absolute atomic E-state index is 0.0158. The summed E-state index contributed by atoms with van der Waals surface area (Å²) < 4.78 is 5.06. The van der Waals surface area contributed by atoms with Crippen LogP contribution in [0.1, 0.15) is 38.2 Å². The van der Waals surface area contributed by atoms with Crippen LogP contribution < -0.4 is 10.2 Å². The highest BCUT2D eigenvalue weighted by Crippen LogP contribution is 2.66. The van der Waals surface area contributed by atoms with Crippen LogP contribution in [0.25, 0.3) is 0 Å². The molecule has 2 saturated carbocycles. The minimum Gasteiger partial charge on any atom is -0.482 e. The molecule has 3 atom stereocenters. The van der Waals surface area contributed by atoms with Crippen molar-refractivity contribution in [2.45, 2.75) is 32.6 Å². The van der Waals surface area contributed by atoms with Crippen molar-refractivity contribution >= 4 is 18.1 Å². The number of hydrazone groups is 1. The molecular weight excluding hydrogens is 308 g/mol. The van der Waals surface area contributed by atoms with E-state index >= 15 is 0 Å². The highest BCUT2D eigenvalue weighted by molar-refractivity contribution is 5.86. The van der Waals surface area contributed by atoms with Gasteiger partial charge in [-0.25, -0.2) is 10.2 Å². The van der Waals surface area contributed by atoms with Gasteiger partial charge in [0.05, 0.1) is 6.21 Å². The van der Waals surface area contributed by atoms with Gasteiger partial charge in [-0.1, -0.05) is 19.8 Å². The van der Waals surface area contributed by atoms with Crippen LogP contribution in [0.3, 0.4) is 0 Å². The quantitative estimate of drug-likeness (QED) is 0.619. The molecule has 3 rings (SSSR count). The Morgan fingerprint density at radius 2 is 2.12 bits per heavy atom. The number of carbonyl (C=O) groups excluding carboxylic acids is 1. The molecular formula is C18H22N2O4. The molecule has 0 heterocycles. The normalized spacial score (nSPS) is 28.2. The molecule has 1 amide bonds. The van der Waals surface area contributed by atoms with Gasteiger partial charge in [-0.3, -0.25) is 4.79 Å². The number of nitrogens with one attached hydrogen (secondary N) is 1. The molecule has 0 aromatic heterocycles. The monoisotopic (exact) mass is 330 g/mol. The summed E-state index contributed by atoms with van der Waals surface area (Å²) in [6.45, 7) is 1.84. The molecule has 6 heteroatoms. The third kappa shape index (κ3) is 3.42. The second kappa shape index (κ2) is 6.63. The largest absolute Gasteiger partial charge is 0.482 e. The summed E-state index contributed by atoms with van der Waals surface area (Å²) in [5, 5.41) is 12.6. The van der Waals surface area contributed by atoms with Gasteiger partial charge < -0.3 is 9.84 Å². The van der Waals surface area contributed by atoms with Crippen molar-refractivity contribution in [3.8, 4) is 5.75 Å². The number of carboxylic acids is 1. The highest BCUT2D eigenvalue weighted by Gasteiger charge is 2.64. The van der Waals surface area contributed by atoms with Crippen molar-refractivity contribution in [1.29, 1.82) is 0 Å². The van der Waals surface area contributed by atoms with Crippen LogP contribution in [0, 0.1) is 17.3 Å². The average Bonchev–Trinajstić information content (AvgIpc) is 3.19. The number of benzene rings is 1.